The third-order valence-electron chi connectivity index (χ3n) is 4.34. The van der Waals surface area contributed by atoms with Crippen molar-refractivity contribution >= 4 is 17.3 Å². The lowest BCUT2D eigenvalue weighted by atomic mass is 10.0. The van der Waals surface area contributed by atoms with Crippen LogP contribution in [-0.4, -0.2) is 28.6 Å². The molecule has 0 saturated heterocycles. The number of nitrogens with zero attached hydrogens (tertiary/aromatic N) is 2. The first-order valence-corrected chi connectivity index (χ1v) is 8.99. The Morgan fingerprint density at radius 2 is 1.87 bits per heavy atom. The number of carbonyl (C=O) groups is 1. The first kappa shape index (κ1) is 21.8. The number of primary amides is 1. The number of halogens is 3. The Labute approximate surface area is 175 Å². The van der Waals surface area contributed by atoms with Crippen molar-refractivity contribution in [2.75, 3.05) is 12.4 Å². The van der Waals surface area contributed by atoms with Gasteiger partial charge in [0.15, 0.2) is 0 Å². The van der Waals surface area contributed by atoms with Crippen molar-refractivity contribution in [1.29, 1.82) is 5.41 Å². The van der Waals surface area contributed by atoms with E-state index in [1.54, 1.807) is 26.1 Å². The molecule has 0 bridgehead atoms. The molecule has 0 radical (unpaired) electrons. The smallest absolute Gasteiger partial charge is 0.417 e. The minimum Gasteiger partial charge on any atom is -0.456 e. The Kier molecular flexibility index (Phi) is 5.91. The Balaban J connectivity index is 1.96. The zero-order valence-electron chi connectivity index (χ0n) is 16.5. The van der Waals surface area contributed by atoms with Gasteiger partial charge in [-0.05, 0) is 25.1 Å². The van der Waals surface area contributed by atoms with Crippen LogP contribution in [-0.2, 0) is 6.18 Å². The molecule has 1 amide bonds. The van der Waals surface area contributed by atoms with Gasteiger partial charge in [0.2, 0.25) is 5.91 Å². The van der Waals surface area contributed by atoms with E-state index < -0.39 is 23.2 Å². The van der Waals surface area contributed by atoms with Crippen molar-refractivity contribution in [2.45, 2.75) is 13.1 Å². The second kappa shape index (κ2) is 8.42. The number of carbonyl (C=O) groups excluding carboxylic acids is 1. The van der Waals surface area contributed by atoms with Crippen LogP contribution in [0.5, 0.6) is 11.5 Å². The van der Waals surface area contributed by atoms with Crippen LogP contribution in [0.1, 0.15) is 28.5 Å². The van der Waals surface area contributed by atoms with Gasteiger partial charge in [-0.15, -0.1) is 0 Å². The molecule has 160 valence electrons. The van der Waals surface area contributed by atoms with Crippen LogP contribution in [0.3, 0.4) is 0 Å². The number of nitrogens with two attached hydrogens (primary N) is 1. The summed E-state index contributed by atoms with van der Waals surface area (Å²) in [6.07, 6.45) is -1.92. The number of benzene rings is 1. The maximum absolute atomic E-state index is 13.4. The number of ether oxygens (including phenoxy) is 1. The molecule has 0 saturated carbocycles. The number of amides is 1. The molecule has 10 heteroatoms. The van der Waals surface area contributed by atoms with Crippen molar-refractivity contribution in [3.8, 4) is 22.8 Å². The van der Waals surface area contributed by atoms with Gasteiger partial charge in [0, 0.05) is 30.9 Å². The molecule has 3 rings (SSSR count). The highest BCUT2D eigenvalue weighted by Gasteiger charge is 2.35. The maximum atomic E-state index is 13.4. The second-order valence-corrected chi connectivity index (χ2v) is 6.54. The van der Waals surface area contributed by atoms with Gasteiger partial charge in [-0.25, -0.2) is 4.98 Å². The van der Waals surface area contributed by atoms with Crippen LogP contribution in [0.2, 0.25) is 0 Å². The van der Waals surface area contributed by atoms with E-state index in [1.807, 2.05) is 0 Å². The second-order valence-electron chi connectivity index (χ2n) is 6.54. The summed E-state index contributed by atoms with van der Waals surface area (Å²) < 4.78 is 45.8. The van der Waals surface area contributed by atoms with Gasteiger partial charge in [0.1, 0.15) is 17.2 Å². The van der Waals surface area contributed by atoms with Gasteiger partial charge >= 0.3 is 6.18 Å². The fourth-order valence-corrected chi connectivity index (χ4v) is 2.91. The zero-order valence-corrected chi connectivity index (χ0v) is 16.5. The highest BCUT2D eigenvalue weighted by molar-refractivity contribution is 5.99. The predicted octanol–water partition coefficient (Wildman–Crippen LogP) is 4.48. The van der Waals surface area contributed by atoms with E-state index in [2.05, 4.69) is 15.3 Å². The molecule has 31 heavy (non-hydrogen) atoms. The summed E-state index contributed by atoms with van der Waals surface area (Å²) in [5.41, 5.74) is 5.02. The average molecular weight is 429 g/mol. The van der Waals surface area contributed by atoms with Crippen molar-refractivity contribution in [2.24, 2.45) is 5.73 Å². The van der Waals surface area contributed by atoms with E-state index in [4.69, 9.17) is 15.9 Å². The molecule has 0 atom stereocenters. The zero-order chi connectivity index (χ0) is 22.8. The lowest BCUT2D eigenvalue weighted by Gasteiger charge is -2.13. The Hall–Kier alpha value is -3.95. The number of hydrogen-bond donors (Lipinski definition) is 3. The third kappa shape index (κ3) is 4.80. The molecule has 0 fully saturated rings. The van der Waals surface area contributed by atoms with Crippen molar-refractivity contribution < 1.29 is 22.7 Å². The first-order valence-electron chi connectivity index (χ1n) is 8.99. The molecule has 0 aliphatic heterocycles. The number of hydrogen-bond acceptors (Lipinski definition) is 6. The van der Waals surface area contributed by atoms with Crippen LogP contribution in [0.4, 0.5) is 18.9 Å². The first-order chi connectivity index (χ1) is 14.6. The Morgan fingerprint density at radius 1 is 1.13 bits per heavy atom. The standard InChI is InChI=1S/C21H18F3N5O2/c1-11(25)19-18(27-2)9-14(10-29-19)31-13-5-6-28-17(8-13)12-3-4-15(20(26)30)16(7-12)21(22,23)24/h3-10,25,27H,1-2H3,(H2,26,30). The summed E-state index contributed by atoms with van der Waals surface area (Å²) in [7, 11) is 1.69. The van der Waals surface area contributed by atoms with Crippen LogP contribution in [0.15, 0.2) is 48.8 Å². The topological polar surface area (TPSA) is 114 Å². The molecule has 2 aromatic heterocycles. The number of pyridine rings is 2. The minimum atomic E-state index is -4.75. The van der Waals surface area contributed by atoms with Crippen LogP contribution >= 0.6 is 0 Å². The van der Waals surface area contributed by atoms with E-state index in [1.165, 1.54) is 24.5 Å². The molecule has 0 aliphatic rings. The van der Waals surface area contributed by atoms with E-state index >= 15 is 0 Å². The number of rotatable bonds is 6. The Morgan fingerprint density at radius 3 is 2.48 bits per heavy atom. The lowest BCUT2D eigenvalue weighted by Crippen LogP contribution is -2.18. The van der Waals surface area contributed by atoms with E-state index in [0.29, 0.717) is 22.9 Å². The van der Waals surface area contributed by atoms with E-state index in [9.17, 15) is 18.0 Å². The van der Waals surface area contributed by atoms with Crippen LogP contribution in [0, 0.1) is 5.41 Å². The Bertz CT molecular complexity index is 1160. The van der Waals surface area contributed by atoms with Crippen molar-refractivity contribution in [3.05, 3.63) is 65.6 Å². The summed E-state index contributed by atoms with van der Waals surface area (Å²) in [5, 5.41) is 10.7. The highest BCUT2D eigenvalue weighted by Crippen LogP contribution is 2.35. The van der Waals surface area contributed by atoms with Gasteiger partial charge in [0.05, 0.1) is 34.4 Å². The fraction of sp³-hybridized carbons (Fsp3) is 0.143. The summed E-state index contributed by atoms with van der Waals surface area (Å²) in [6.45, 7) is 1.61. The van der Waals surface area contributed by atoms with Gasteiger partial charge in [-0.3, -0.25) is 9.78 Å². The molecular weight excluding hydrogens is 411 g/mol. The summed E-state index contributed by atoms with van der Waals surface area (Å²) in [4.78, 5) is 19.6. The number of alkyl halides is 3. The van der Waals surface area contributed by atoms with Gasteiger partial charge < -0.3 is 21.2 Å². The van der Waals surface area contributed by atoms with Crippen molar-refractivity contribution in [3.63, 3.8) is 0 Å². The normalized spacial score (nSPS) is 11.1. The van der Waals surface area contributed by atoms with Crippen LogP contribution in [0.25, 0.3) is 11.3 Å². The number of nitrogens with one attached hydrogen (secondary N) is 2. The SMILES string of the molecule is CNc1cc(Oc2ccnc(-c3ccc(C(N)=O)c(C(F)(F)F)c3)c2)cnc1C(C)=N. The molecule has 1 aromatic carbocycles. The van der Waals surface area contributed by atoms with Gasteiger partial charge in [0.25, 0.3) is 0 Å². The van der Waals surface area contributed by atoms with Crippen LogP contribution < -0.4 is 15.8 Å². The number of aromatic nitrogens is 2. The molecule has 2 heterocycles. The molecule has 4 N–H and O–H groups in total. The fourth-order valence-electron chi connectivity index (χ4n) is 2.91. The van der Waals surface area contributed by atoms with Gasteiger partial charge in [-0.1, -0.05) is 6.07 Å². The molecule has 3 aromatic rings. The van der Waals surface area contributed by atoms with Gasteiger partial charge in [-0.2, -0.15) is 13.2 Å². The summed E-state index contributed by atoms with van der Waals surface area (Å²) in [5.74, 6) is -0.479. The monoisotopic (exact) mass is 429 g/mol. The molecule has 0 spiro atoms. The molecular formula is C21H18F3N5O2. The third-order valence-corrected chi connectivity index (χ3v) is 4.34. The van der Waals surface area contributed by atoms with Crippen molar-refractivity contribution in [1.82, 2.24) is 9.97 Å². The highest BCUT2D eigenvalue weighted by atomic mass is 19.4. The number of anilines is 1. The summed E-state index contributed by atoms with van der Waals surface area (Å²) >= 11 is 0. The largest absolute Gasteiger partial charge is 0.456 e. The molecule has 0 unspecified atom stereocenters. The lowest BCUT2D eigenvalue weighted by molar-refractivity contribution is -0.137. The van der Waals surface area contributed by atoms with E-state index in [0.717, 1.165) is 12.1 Å². The maximum Gasteiger partial charge on any atom is 0.417 e. The molecule has 0 aliphatic carbocycles. The average Bonchev–Trinajstić information content (AvgIpc) is 2.72. The predicted molar refractivity (Wildman–Crippen MR) is 110 cm³/mol. The quantitative estimate of drug-likeness (QED) is 0.500. The minimum absolute atomic E-state index is 0.145. The summed E-state index contributed by atoms with van der Waals surface area (Å²) in [6, 6.07) is 7.86. The van der Waals surface area contributed by atoms with E-state index in [-0.39, 0.29) is 17.0 Å². The molecule has 7 nitrogen and oxygen atoms in total.